The Labute approximate surface area is 259 Å². The van der Waals surface area contributed by atoms with Crippen molar-refractivity contribution in [2.45, 2.75) is 68.3 Å². The zero-order chi connectivity index (χ0) is 31.0. The van der Waals surface area contributed by atoms with Gasteiger partial charge in [0.15, 0.2) is 17.7 Å². The van der Waals surface area contributed by atoms with Gasteiger partial charge in [-0.3, -0.25) is 25.1 Å². The number of fused-ring (bicyclic) bond motifs is 2. The Morgan fingerprint density at radius 1 is 1.23 bits per heavy atom. The van der Waals surface area contributed by atoms with Gasteiger partial charge < -0.3 is 28.9 Å². The first-order valence-corrected chi connectivity index (χ1v) is 15.8. The Morgan fingerprint density at radius 2 is 2.07 bits per heavy atom. The molecule has 0 aromatic heterocycles. The summed E-state index contributed by atoms with van der Waals surface area (Å²) in [4.78, 5) is 35.7. The average molecular weight is 608 g/mol. The van der Waals surface area contributed by atoms with Crippen molar-refractivity contribution in [2.75, 3.05) is 65.4 Å². The van der Waals surface area contributed by atoms with E-state index in [4.69, 9.17) is 14.2 Å². The number of ketones is 1. The number of benzene rings is 1. The summed E-state index contributed by atoms with van der Waals surface area (Å²) in [5.41, 5.74) is -0.0707. The standard InChI is InChI=1S/C32H45N7O5/c1-5-27(40)39-16-15-38(18-21(39)11-13-33)30-24-10-12-32(20-37(3)25-9-8-23(42-4)17-26(25)44-32)29(41)28(24)34-31(35-30)43-19-22-7-6-14-36(22)2/h5,8-9,17,21-22,24,28,30-31,34-35H,1,6-7,10-12,14-16,18-20H2,2-4H3/t21?,22?,24?,28?,30?,31?,32-/m1/s1. The monoisotopic (exact) mass is 607 g/mol. The fraction of sp³-hybridized carbons (Fsp3) is 0.656. The van der Waals surface area contributed by atoms with Crippen LogP contribution < -0.4 is 25.0 Å². The molecule has 12 nitrogen and oxygen atoms in total. The van der Waals surface area contributed by atoms with Gasteiger partial charge in [0.1, 0.15) is 11.5 Å². The molecule has 1 saturated carbocycles. The van der Waals surface area contributed by atoms with Crippen LogP contribution in [0, 0.1) is 17.2 Å². The highest BCUT2D eigenvalue weighted by molar-refractivity contribution is 5.95. The van der Waals surface area contributed by atoms with E-state index in [0.717, 1.165) is 31.5 Å². The molecule has 0 bridgehead atoms. The van der Waals surface area contributed by atoms with Crippen molar-refractivity contribution < 1.29 is 23.8 Å². The number of rotatable bonds is 7. The summed E-state index contributed by atoms with van der Waals surface area (Å²) in [6.07, 6.45) is 4.39. The molecule has 4 fully saturated rings. The van der Waals surface area contributed by atoms with E-state index >= 15 is 0 Å². The Morgan fingerprint density at radius 3 is 2.80 bits per heavy atom. The van der Waals surface area contributed by atoms with Crippen LogP contribution >= 0.6 is 0 Å². The van der Waals surface area contributed by atoms with Crippen LogP contribution in [0.25, 0.3) is 0 Å². The predicted octanol–water partition coefficient (Wildman–Crippen LogP) is 1.14. The second-order valence-electron chi connectivity index (χ2n) is 12.8. The number of carbonyl (C=O) groups is 2. The van der Waals surface area contributed by atoms with Gasteiger partial charge in [0.2, 0.25) is 5.91 Å². The van der Waals surface area contributed by atoms with Crippen LogP contribution in [0.2, 0.25) is 0 Å². The quantitative estimate of drug-likeness (QED) is 0.434. The number of carbonyl (C=O) groups excluding carboxylic acids is 2. The molecule has 4 heterocycles. The molecule has 4 aliphatic heterocycles. The number of hydrogen-bond acceptors (Lipinski definition) is 11. The van der Waals surface area contributed by atoms with E-state index < -0.39 is 18.0 Å². The van der Waals surface area contributed by atoms with Gasteiger partial charge in [-0.05, 0) is 57.5 Å². The van der Waals surface area contributed by atoms with Crippen LogP contribution in [0.15, 0.2) is 30.9 Å². The molecule has 1 amide bonds. The highest BCUT2D eigenvalue weighted by atomic mass is 16.5. The number of nitrogens with zero attached hydrogens (tertiary/aromatic N) is 5. The molecule has 0 radical (unpaired) electrons. The Bertz CT molecular complexity index is 1300. The van der Waals surface area contributed by atoms with Crippen molar-refractivity contribution in [3.63, 3.8) is 0 Å². The SMILES string of the molecule is C=CC(=O)N1CCN(C2NC(OCC3CCCN3C)NC3C(=O)[C@@]4(CCC32)CN(C)c2ccc(OC)cc2O4)CC1CC#N. The molecule has 2 N–H and O–H groups in total. The number of piperazine rings is 1. The number of anilines is 1. The molecule has 1 spiro atoms. The number of hydrogen-bond donors (Lipinski definition) is 2. The second-order valence-corrected chi connectivity index (χ2v) is 12.8. The number of likely N-dealkylation sites (tertiary alicyclic amines) is 1. The van der Waals surface area contributed by atoms with Crippen LogP contribution in [-0.4, -0.2) is 123 Å². The summed E-state index contributed by atoms with van der Waals surface area (Å²) < 4.78 is 18.5. The van der Waals surface area contributed by atoms with Gasteiger partial charge in [-0.2, -0.15) is 5.26 Å². The molecule has 238 valence electrons. The summed E-state index contributed by atoms with van der Waals surface area (Å²) in [5, 5.41) is 16.8. The van der Waals surface area contributed by atoms with Crippen LogP contribution in [0.1, 0.15) is 32.1 Å². The van der Waals surface area contributed by atoms with Crippen LogP contribution in [0.4, 0.5) is 5.69 Å². The molecule has 44 heavy (non-hydrogen) atoms. The van der Waals surface area contributed by atoms with Crippen LogP contribution in [-0.2, 0) is 14.3 Å². The lowest BCUT2D eigenvalue weighted by Gasteiger charge is -2.55. The van der Waals surface area contributed by atoms with E-state index in [1.807, 2.05) is 25.2 Å². The number of nitrogens with one attached hydrogen (secondary N) is 2. The summed E-state index contributed by atoms with van der Waals surface area (Å²) in [6.45, 7) is 7.35. The molecule has 1 aromatic rings. The first-order chi connectivity index (χ1) is 21.3. The minimum atomic E-state index is -1.00. The Balaban J connectivity index is 1.26. The molecule has 12 heteroatoms. The molecule has 6 unspecified atom stereocenters. The Kier molecular flexibility index (Phi) is 8.86. The molecule has 5 aliphatic rings. The largest absolute Gasteiger partial charge is 0.497 e. The summed E-state index contributed by atoms with van der Waals surface area (Å²) in [5.74, 6) is 1.15. The normalized spacial score (nSPS) is 34.2. The van der Waals surface area contributed by atoms with E-state index in [0.29, 0.717) is 56.7 Å². The molecule has 1 aromatic carbocycles. The number of amides is 1. The van der Waals surface area contributed by atoms with E-state index in [2.05, 4.69) is 45.0 Å². The van der Waals surface area contributed by atoms with E-state index in [-0.39, 0.29) is 36.2 Å². The summed E-state index contributed by atoms with van der Waals surface area (Å²) in [6, 6.07) is 7.56. The zero-order valence-corrected chi connectivity index (χ0v) is 26.0. The summed E-state index contributed by atoms with van der Waals surface area (Å²) >= 11 is 0. The number of nitriles is 1. The fourth-order valence-corrected chi connectivity index (χ4v) is 7.87. The number of methoxy groups -OCH3 is 1. The molecule has 6 rings (SSSR count). The van der Waals surface area contributed by atoms with Crippen molar-refractivity contribution in [1.82, 2.24) is 25.3 Å². The van der Waals surface area contributed by atoms with Crippen molar-refractivity contribution >= 4 is 17.4 Å². The summed E-state index contributed by atoms with van der Waals surface area (Å²) in [7, 11) is 5.74. The minimum Gasteiger partial charge on any atom is -0.497 e. The maximum absolute atomic E-state index is 14.6. The maximum Gasteiger partial charge on any atom is 0.246 e. The van der Waals surface area contributed by atoms with Crippen molar-refractivity contribution in [1.29, 1.82) is 5.26 Å². The lowest BCUT2D eigenvalue weighted by Crippen LogP contribution is -2.76. The fourth-order valence-electron chi connectivity index (χ4n) is 7.87. The van der Waals surface area contributed by atoms with Gasteiger partial charge in [0.05, 0.1) is 56.7 Å². The molecule has 3 saturated heterocycles. The van der Waals surface area contributed by atoms with Crippen LogP contribution in [0.3, 0.4) is 0 Å². The lowest BCUT2D eigenvalue weighted by molar-refractivity contribution is -0.159. The molecule has 1 aliphatic carbocycles. The highest BCUT2D eigenvalue weighted by Crippen LogP contribution is 2.45. The first kappa shape index (κ1) is 30.8. The van der Waals surface area contributed by atoms with Gasteiger partial charge in [-0.25, -0.2) is 0 Å². The lowest BCUT2D eigenvalue weighted by atomic mass is 9.71. The third-order valence-electron chi connectivity index (χ3n) is 10.3. The third kappa shape index (κ3) is 5.68. The number of Topliss-reactive ketones (excluding diaryl/α,β-unsaturated/α-hetero) is 1. The average Bonchev–Trinajstić information content (AvgIpc) is 3.45. The second kappa shape index (κ2) is 12.7. The van der Waals surface area contributed by atoms with Crippen molar-refractivity contribution in [3.05, 3.63) is 30.9 Å². The number of ether oxygens (including phenoxy) is 3. The van der Waals surface area contributed by atoms with E-state index in [9.17, 15) is 14.9 Å². The van der Waals surface area contributed by atoms with Gasteiger partial charge >= 0.3 is 0 Å². The highest BCUT2D eigenvalue weighted by Gasteiger charge is 2.57. The van der Waals surface area contributed by atoms with E-state index in [1.54, 1.807) is 12.0 Å². The maximum atomic E-state index is 14.6. The third-order valence-corrected chi connectivity index (χ3v) is 10.3. The van der Waals surface area contributed by atoms with Gasteiger partial charge in [-0.15, -0.1) is 0 Å². The first-order valence-electron chi connectivity index (χ1n) is 15.8. The van der Waals surface area contributed by atoms with Crippen molar-refractivity contribution in [3.8, 4) is 17.6 Å². The smallest absolute Gasteiger partial charge is 0.246 e. The van der Waals surface area contributed by atoms with Gasteiger partial charge in [-0.1, -0.05) is 6.58 Å². The van der Waals surface area contributed by atoms with Gasteiger partial charge in [0, 0.05) is 44.7 Å². The van der Waals surface area contributed by atoms with E-state index in [1.165, 1.54) is 6.08 Å². The Hall–Kier alpha value is -3.21. The predicted molar refractivity (Wildman–Crippen MR) is 164 cm³/mol. The minimum absolute atomic E-state index is 0.0289. The van der Waals surface area contributed by atoms with Crippen LogP contribution in [0.5, 0.6) is 11.5 Å². The number of likely N-dealkylation sites (N-methyl/N-ethyl adjacent to an activating group) is 2. The molecule has 7 atom stereocenters. The van der Waals surface area contributed by atoms with Gasteiger partial charge in [0.25, 0.3) is 0 Å². The molecular formula is C32H45N7O5. The topological polar surface area (TPSA) is 123 Å². The van der Waals surface area contributed by atoms with Crippen molar-refractivity contribution in [2.24, 2.45) is 5.92 Å². The zero-order valence-electron chi connectivity index (χ0n) is 26.0. The molecular weight excluding hydrogens is 562 g/mol.